The first-order valence-electron chi connectivity index (χ1n) is 10.4. The van der Waals surface area contributed by atoms with Crippen molar-refractivity contribution < 1.29 is 24.2 Å². The van der Waals surface area contributed by atoms with E-state index in [4.69, 9.17) is 21.7 Å². The molecular weight excluding hydrogens is 604 g/mol. The zero-order chi connectivity index (χ0) is 25.5. The van der Waals surface area contributed by atoms with E-state index in [2.05, 4.69) is 53.0 Å². The number of carbonyl (C=O) groups excluding carboxylic acids is 2. The van der Waals surface area contributed by atoms with Gasteiger partial charge >= 0.3 is 5.97 Å². The maximum Gasteiger partial charge on any atom is 0.338 e. The summed E-state index contributed by atoms with van der Waals surface area (Å²) in [5.41, 5.74) is 4.31. The molecule has 9 nitrogen and oxygen atoms in total. The molecule has 2 aromatic rings. The average molecular weight is 626 g/mol. The number of phenols is 1. The van der Waals surface area contributed by atoms with E-state index >= 15 is 0 Å². The van der Waals surface area contributed by atoms with Crippen LogP contribution in [0.3, 0.4) is 0 Å². The van der Waals surface area contributed by atoms with E-state index in [1.54, 1.807) is 50.2 Å². The summed E-state index contributed by atoms with van der Waals surface area (Å²) < 4.78 is 12.2. The topological polar surface area (TPSA) is 121 Å². The van der Waals surface area contributed by atoms with E-state index in [0.29, 0.717) is 37.7 Å². The van der Waals surface area contributed by atoms with Gasteiger partial charge in [-0.15, -0.1) is 0 Å². The summed E-state index contributed by atoms with van der Waals surface area (Å²) in [5, 5.41) is 20.3. The van der Waals surface area contributed by atoms with Gasteiger partial charge in [-0.3, -0.25) is 4.79 Å². The van der Waals surface area contributed by atoms with Crippen LogP contribution in [0.25, 0.3) is 0 Å². The van der Waals surface area contributed by atoms with Crippen LogP contribution < -0.4 is 20.8 Å². The fraction of sp³-hybridized carbons (Fsp3) is 0.217. The summed E-state index contributed by atoms with van der Waals surface area (Å²) in [7, 11) is 0. The number of carbonyl (C=O) groups is 2. The van der Waals surface area contributed by atoms with Crippen LogP contribution in [0.5, 0.6) is 11.5 Å². The highest BCUT2D eigenvalue weighted by Crippen LogP contribution is 2.34. The maximum atomic E-state index is 12.6. The summed E-state index contributed by atoms with van der Waals surface area (Å²) in [6, 6.07) is 9.71. The highest BCUT2D eigenvalue weighted by Gasteiger charge is 2.32. The molecule has 1 aliphatic heterocycles. The van der Waals surface area contributed by atoms with Crippen molar-refractivity contribution in [3.63, 3.8) is 0 Å². The van der Waals surface area contributed by atoms with Gasteiger partial charge in [0, 0.05) is 21.3 Å². The standard InChI is InChI=1S/C23H22Br2N4O5S/c1-3-33-22(32)19-12(2)27-23(35)28-20(19)15-6-4-5-7-17(15)34-11-18(30)29-26-10-13-8-14(24)9-16(25)21(13)31/h4-10,20,31H,3,11H2,1-2H3,(H,29,30)(H2,27,28,35)/t20-/m0/s1. The summed E-state index contributed by atoms with van der Waals surface area (Å²) in [6.45, 7) is 3.35. The number of benzene rings is 2. The number of hydrogen-bond donors (Lipinski definition) is 4. The van der Waals surface area contributed by atoms with Crippen LogP contribution >= 0.6 is 44.1 Å². The van der Waals surface area contributed by atoms with Crippen LogP contribution in [-0.4, -0.2) is 41.5 Å². The maximum absolute atomic E-state index is 12.6. The minimum absolute atomic E-state index is 0.00971. The van der Waals surface area contributed by atoms with Crippen molar-refractivity contribution in [3.05, 3.63) is 67.7 Å². The molecule has 0 aromatic heterocycles. The molecule has 3 rings (SSSR count). The fourth-order valence-electron chi connectivity index (χ4n) is 3.29. The molecule has 0 spiro atoms. The molecule has 4 N–H and O–H groups in total. The quantitative estimate of drug-likeness (QED) is 0.151. The Labute approximate surface area is 224 Å². The molecule has 0 aliphatic carbocycles. The predicted octanol–water partition coefficient (Wildman–Crippen LogP) is 3.80. The SMILES string of the molecule is CCOC(=O)C1=C(C)NC(=S)N[C@H]1c1ccccc1OCC(=O)NN=Cc1cc(Br)cc(Br)c1O. The minimum Gasteiger partial charge on any atom is -0.506 e. The van der Waals surface area contributed by atoms with Crippen LogP contribution in [0.15, 0.2) is 61.7 Å². The van der Waals surface area contributed by atoms with Gasteiger partial charge in [0.25, 0.3) is 5.91 Å². The number of nitrogens with one attached hydrogen (secondary N) is 3. The second-order valence-electron chi connectivity index (χ2n) is 7.24. The number of aromatic hydroxyl groups is 1. The van der Waals surface area contributed by atoms with E-state index in [1.807, 2.05) is 0 Å². The highest BCUT2D eigenvalue weighted by atomic mass is 79.9. The number of ether oxygens (including phenoxy) is 2. The Balaban J connectivity index is 1.73. The number of para-hydroxylation sites is 1. The van der Waals surface area contributed by atoms with Gasteiger partial charge in [0.05, 0.1) is 28.9 Å². The van der Waals surface area contributed by atoms with E-state index in [0.717, 1.165) is 4.47 Å². The van der Waals surface area contributed by atoms with Gasteiger partial charge in [-0.1, -0.05) is 34.1 Å². The summed E-state index contributed by atoms with van der Waals surface area (Å²) in [4.78, 5) is 24.9. The Morgan fingerprint density at radius 1 is 1.29 bits per heavy atom. The van der Waals surface area contributed by atoms with E-state index in [9.17, 15) is 14.7 Å². The number of hydrogen-bond acceptors (Lipinski definition) is 7. The van der Waals surface area contributed by atoms with Crippen LogP contribution in [0.2, 0.25) is 0 Å². The van der Waals surface area contributed by atoms with Crippen LogP contribution in [0, 0.1) is 0 Å². The zero-order valence-corrected chi connectivity index (χ0v) is 22.7. The second-order valence-corrected chi connectivity index (χ2v) is 9.41. The lowest BCUT2D eigenvalue weighted by atomic mass is 9.95. The van der Waals surface area contributed by atoms with Gasteiger partial charge in [0.15, 0.2) is 11.7 Å². The van der Waals surface area contributed by atoms with Crippen LogP contribution in [0.1, 0.15) is 31.0 Å². The van der Waals surface area contributed by atoms with Gasteiger partial charge in [0.2, 0.25) is 0 Å². The average Bonchev–Trinajstić information content (AvgIpc) is 2.80. The molecule has 0 saturated carbocycles. The fourth-order valence-corrected chi connectivity index (χ4v) is 4.82. The monoisotopic (exact) mass is 624 g/mol. The smallest absolute Gasteiger partial charge is 0.338 e. The lowest BCUT2D eigenvalue weighted by Gasteiger charge is -2.30. The molecule has 2 aromatic carbocycles. The first kappa shape index (κ1) is 26.6. The molecule has 1 aliphatic rings. The molecule has 0 unspecified atom stereocenters. The molecule has 184 valence electrons. The molecule has 35 heavy (non-hydrogen) atoms. The minimum atomic E-state index is -0.627. The molecule has 0 radical (unpaired) electrons. The molecule has 1 heterocycles. The van der Waals surface area contributed by atoms with Crippen molar-refractivity contribution >= 4 is 67.3 Å². The highest BCUT2D eigenvalue weighted by molar-refractivity contribution is 9.11. The van der Waals surface area contributed by atoms with E-state index in [-0.39, 0.29) is 19.0 Å². The van der Waals surface area contributed by atoms with Crippen molar-refractivity contribution in [1.82, 2.24) is 16.1 Å². The zero-order valence-electron chi connectivity index (χ0n) is 18.7. The van der Waals surface area contributed by atoms with Crippen molar-refractivity contribution in [2.45, 2.75) is 19.9 Å². The predicted molar refractivity (Wildman–Crippen MR) is 142 cm³/mol. The Hall–Kier alpha value is -2.96. The number of phenolic OH excluding ortho intramolecular Hbond substituents is 1. The Kier molecular flexibility index (Phi) is 9.24. The van der Waals surface area contributed by atoms with Crippen molar-refractivity contribution in [2.24, 2.45) is 5.10 Å². The normalized spacial score (nSPS) is 15.4. The third-order valence-corrected chi connectivity index (χ3v) is 6.09. The molecular formula is C23H22Br2N4O5S. The first-order chi connectivity index (χ1) is 16.7. The van der Waals surface area contributed by atoms with Crippen LogP contribution in [0.4, 0.5) is 0 Å². The van der Waals surface area contributed by atoms with Crippen molar-refractivity contribution in [1.29, 1.82) is 0 Å². The summed E-state index contributed by atoms with van der Waals surface area (Å²) >= 11 is 11.8. The molecule has 0 bridgehead atoms. The Bertz CT molecular complexity index is 1220. The van der Waals surface area contributed by atoms with Gasteiger partial charge in [0.1, 0.15) is 11.5 Å². The van der Waals surface area contributed by atoms with E-state index < -0.39 is 17.9 Å². The van der Waals surface area contributed by atoms with Crippen LogP contribution in [-0.2, 0) is 14.3 Å². The number of hydrazone groups is 1. The molecule has 1 amide bonds. The number of amides is 1. The number of nitrogens with zero attached hydrogens (tertiary/aromatic N) is 1. The molecule has 0 saturated heterocycles. The lowest BCUT2D eigenvalue weighted by Crippen LogP contribution is -2.45. The van der Waals surface area contributed by atoms with Gasteiger partial charge in [-0.2, -0.15) is 5.10 Å². The number of thiocarbonyl (C=S) groups is 1. The first-order valence-corrected chi connectivity index (χ1v) is 12.4. The van der Waals surface area contributed by atoms with Crippen molar-refractivity contribution in [3.8, 4) is 11.5 Å². The second kappa shape index (κ2) is 12.1. The Morgan fingerprint density at radius 3 is 2.77 bits per heavy atom. The number of rotatable bonds is 8. The van der Waals surface area contributed by atoms with Crippen molar-refractivity contribution in [2.75, 3.05) is 13.2 Å². The number of allylic oxidation sites excluding steroid dienone is 1. The molecule has 1 atom stereocenters. The number of esters is 1. The molecule has 0 fully saturated rings. The van der Waals surface area contributed by atoms with Gasteiger partial charge < -0.3 is 25.2 Å². The van der Waals surface area contributed by atoms with Gasteiger partial charge in [-0.25, -0.2) is 10.2 Å². The number of halogens is 2. The Morgan fingerprint density at radius 2 is 2.03 bits per heavy atom. The largest absolute Gasteiger partial charge is 0.506 e. The lowest BCUT2D eigenvalue weighted by molar-refractivity contribution is -0.139. The van der Waals surface area contributed by atoms with Gasteiger partial charge in [-0.05, 0) is 60.2 Å². The molecule has 12 heteroatoms. The third-order valence-electron chi connectivity index (χ3n) is 4.80. The third kappa shape index (κ3) is 6.80. The summed E-state index contributed by atoms with van der Waals surface area (Å²) in [5.74, 6) is -0.626. The summed E-state index contributed by atoms with van der Waals surface area (Å²) in [6.07, 6.45) is 1.32. The van der Waals surface area contributed by atoms with E-state index in [1.165, 1.54) is 6.21 Å².